The Morgan fingerprint density at radius 1 is 0.949 bits per heavy atom. The van der Waals surface area contributed by atoms with Crippen molar-refractivity contribution in [1.82, 2.24) is 4.90 Å². The summed E-state index contributed by atoms with van der Waals surface area (Å²) in [6.45, 7) is 12.4. The maximum absolute atomic E-state index is 8.89. The van der Waals surface area contributed by atoms with Gasteiger partial charge in [0.05, 0.1) is 5.71 Å². The molecule has 7 heteroatoms. The number of nitrogen functional groups attached to an aromatic ring is 1. The topological polar surface area (TPSA) is 125 Å². The molecular weight excluding hydrogens is 484 g/mol. The van der Waals surface area contributed by atoms with Crippen LogP contribution in [0, 0.1) is 16.2 Å². The van der Waals surface area contributed by atoms with Gasteiger partial charge in [-0.05, 0) is 79.3 Å². The fourth-order valence-corrected chi connectivity index (χ4v) is 5.29. The van der Waals surface area contributed by atoms with Gasteiger partial charge < -0.3 is 16.2 Å². The number of nitrogens with two attached hydrogens (primary N) is 2. The number of hydrogen-bond acceptors (Lipinski definition) is 5. The molecule has 1 aliphatic rings. The van der Waals surface area contributed by atoms with E-state index in [4.69, 9.17) is 27.0 Å². The lowest BCUT2D eigenvalue weighted by Crippen LogP contribution is -2.36. The fourth-order valence-electron chi connectivity index (χ4n) is 5.29. The van der Waals surface area contributed by atoms with Crippen LogP contribution in [-0.4, -0.2) is 47.5 Å². The molecule has 1 fully saturated rings. The number of ether oxygens (including phenoxy) is 1. The molecule has 0 aromatic heterocycles. The van der Waals surface area contributed by atoms with Crippen molar-refractivity contribution in [3.8, 4) is 5.75 Å². The average molecular weight is 527 g/mol. The van der Waals surface area contributed by atoms with Gasteiger partial charge in [-0.15, -0.1) is 0 Å². The Kier molecular flexibility index (Phi) is 8.40. The Balaban J connectivity index is 1.48. The number of hydrogen-bond donors (Lipinski definition) is 4. The minimum Gasteiger partial charge on any atom is -0.492 e. The molecule has 4 rings (SSSR count). The maximum atomic E-state index is 8.89. The van der Waals surface area contributed by atoms with Crippen molar-refractivity contribution in [3.05, 3.63) is 71.3 Å². The molecule has 6 N–H and O–H groups in total. The standard InChI is InChI=1S/C32H42N6O/c1-20-6-7-21(2)38(20)14-15-39-26-12-10-22-16-24(9-8-23(22)17-26)30(35)27-18-25(11-13-28(27)33)31(36)37-29(34)19-32(3,4)5/h8-13,16-18,20-21,35H,6-7,14-15,19,33H2,1-5H3,(H3,34,36,37). The van der Waals surface area contributed by atoms with Crippen LogP contribution in [0.15, 0.2) is 59.6 Å². The fraction of sp³-hybridized carbons (Fsp3) is 0.406. The van der Waals surface area contributed by atoms with Gasteiger partial charge in [0.25, 0.3) is 0 Å². The van der Waals surface area contributed by atoms with Gasteiger partial charge in [0.1, 0.15) is 18.2 Å². The Hall–Kier alpha value is -3.71. The largest absolute Gasteiger partial charge is 0.492 e. The van der Waals surface area contributed by atoms with Crippen molar-refractivity contribution >= 4 is 33.8 Å². The minimum atomic E-state index is -0.0176. The van der Waals surface area contributed by atoms with Crippen molar-refractivity contribution in [1.29, 1.82) is 10.8 Å². The molecule has 206 valence electrons. The Bertz CT molecular complexity index is 1390. The maximum Gasteiger partial charge on any atom is 0.153 e. The summed E-state index contributed by atoms with van der Waals surface area (Å²) in [5, 5.41) is 19.4. The second kappa shape index (κ2) is 11.6. The van der Waals surface area contributed by atoms with Crippen LogP contribution in [-0.2, 0) is 0 Å². The summed E-state index contributed by atoms with van der Waals surface area (Å²) in [6, 6.07) is 18.5. The highest BCUT2D eigenvalue weighted by atomic mass is 16.5. The molecule has 0 spiro atoms. The first-order valence-corrected chi connectivity index (χ1v) is 13.7. The number of fused-ring (bicyclic) bond motifs is 1. The average Bonchev–Trinajstić information content (AvgIpc) is 3.19. The number of benzene rings is 3. The second-order valence-corrected chi connectivity index (χ2v) is 12.0. The van der Waals surface area contributed by atoms with Crippen molar-refractivity contribution in [2.75, 3.05) is 18.9 Å². The number of rotatable bonds is 8. The van der Waals surface area contributed by atoms with E-state index in [0.717, 1.165) is 28.6 Å². The van der Waals surface area contributed by atoms with Gasteiger partial charge in [-0.25, -0.2) is 4.99 Å². The zero-order chi connectivity index (χ0) is 28.3. The van der Waals surface area contributed by atoms with Crippen LogP contribution in [0.2, 0.25) is 0 Å². The molecular formula is C32H42N6O. The summed E-state index contributed by atoms with van der Waals surface area (Å²) in [5.74, 6) is 1.33. The van der Waals surface area contributed by atoms with E-state index >= 15 is 0 Å². The van der Waals surface area contributed by atoms with Crippen LogP contribution in [0.3, 0.4) is 0 Å². The monoisotopic (exact) mass is 526 g/mol. The van der Waals surface area contributed by atoms with Crippen LogP contribution in [0.1, 0.15) is 70.6 Å². The zero-order valence-electron chi connectivity index (χ0n) is 23.8. The van der Waals surface area contributed by atoms with E-state index < -0.39 is 0 Å². The van der Waals surface area contributed by atoms with Crippen molar-refractivity contribution in [2.45, 2.75) is 66.0 Å². The molecule has 2 unspecified atom stereocenters. The molecule has 1 heterocycles. The highest BCUT2D eigenvalue weighted by Crippen LogP contribution is 2.26. The quantitative estimate of drug-likeness (QED) is 0.158. The predicted molar refractivity (Wildman–Crippen MR) is 164 cm³/mol. The van der Waals surface area contributed by atoms with E-state index in [9.17, 15) is 0 Å². The van der Waals surface area contributed by atoms with Crippen LogP contribution < -0.4 is 16.2 Å². The molecule has 1 saturated heterocycles. The first kappa shape index (κ1) is 28.3. The summed E-state index contributed by atoms with van der Waals surface area (Å²) in [4.78, 5) is 6.81. The van der Waals surface area contributed by atoms with Crippen molar-refractivity contribution in [2.24, 2.45) is 16.1 Å². The van der Waals surface area contributed by atoms with Gasteiger partial charge in [0, 0.05) is 47.4 Å². The Labute approximate surface area is 232 Å². The van der Waals surface area contributed by atoms with Gasteiger partial charge in [-0.1, -0.05) is 39.0 Å². The molecule has 2 atom stereocenters. The van der Waals surface area contributed by atoms with Crippen LogP contribution >= 0.6 is 0 Å². The molecule has 1 aliphatic heterocycles. The smallest absolute Gasteiger partial charge is 0.153 e. The van der Waals surface area contributed by atoms with E-state index in [-0.39, 0.29) is 11.3 Å². The van der Waals surface area contributed by atoms with E-state index in [0.29, 0.717) is 53.5 Å². The first-order valence-electron chi connectivity index (χ1n) is 13.7. The predicted octanol–water partition coefficient (Wildman–Crippen LogP) is 6.21. The minimum absolute atomic E-state index is 0.0176. The van der Waals surface area contributed by atoms with Gasteiger partial charge in [-0.2, -0.15) is 0 Å². The highest BCUT2D eigenvalue weighted by Gasteiger charge is 2.26. The molecule has 3 aromatic carbocycles. The molecule has 0 aliphatic carbocycles. The van der Waals surface area contributed by atoms with Crippen LogP contribution in [0.5, 0.6) is 5.75 Å². The van der Waals surface area contributed by atoms with Crippen molar-refractivity contribution < 1.29 is 4.74 Å². The number of nitrogens with zero attached hydrogens (tertiary/aromatic N) is 2. The number of amidine groups is 2. The second-order valence-electron chi connectivity index (χ2n) is 12.0. The highest BCUT2D eigenvalue weighted by molar-refractivity contribution is 6.16. The van der Waals surface area contributed by atoms with Gasteiger partial charge in [-0.3, -0.25) is 15.7 Å². The summed E-state index contributed by atoms with van der Waals surface area (Å²) in [7, 11) is 0. The van der Waals surface area contributed by atoms with E-state index in [2.05, 4.69) is 50.6 Å². The Morgan fingerprint density at radius 3 is 2.28 bits per heavy atom. The third kappa shape index (κ3) is 7.03. The van der Waals surface area contributed by atoms with Gasteiger partial charge in [0.15, 0.2) is 5.84 Å². The van der Waals surface area contributed by atoms with E-state index in [1.807, 2.05) is 30.3 Å². The van der Waals surface area contributed by atoms with E-state index in [1.54, 1.807) is 18.2 Å². The molecule has 0 radical (unpaired) electrons. The summed E-state index contributed by atoms with van der Waals surface area (Å²) in [5.41, 5.74) is 15.0. The lowest BCUT2D eigenvalue weighted by molar-refractivity contribution is 0.170. The summed E-state index contributed by atoms with van der Waals surface area (Å²) in [6.07, 6.45) is 3.10. The van der Waals surface area contributed by atoms with Crippen molar-refractivity contribution in [3.63, 3.8) is 0 Å². The van der Waals surface area contributed by atoms with E-state index in [1.165, 1.54) is 12.8 Å². The van der Waals surface area contributed by atoms with Crippen LogP contribution in [0.4, 0.5) is 5.69 Å². The Morgan fingerprint density at radius 2 is 1.59 bits per heavy atom. The molecule has 0 saturated carbocycles. The van der Waals surface area contributed by atoms with Gasteiger partial charge >= 0.3 is 0 Å². The lowest BCUT2D eigenvalue weighted by atomic mass is 9.92. The molecule has 0 bridgehead atoms. The third-order valence-corrected chi connectivity index (χ3v) is 7.42. The first-order chi connectivity index (χ1) is 18.4. The molecule has 7 nitrogen and oxygen atoms in total. The zero-order valence-corrected chi connectivity index (χ0v) is 23.8. The summed E-state index contributed by atoms with van der Waals surface area (Å²) < 4.78 is 6.08. The molecule has 0 amide bonds. The third-order valence-electron chi connectivity index (χ3n) is 7.42. The van der Waals surface area contributed by atoms with Crippen LogP contribution in [0.25, 0.3) is 10.8 Å². The normalized spacial score (nSPS) is 18.4. The SMILES string of the molecule is CC1CCC(C)N1CCOc1ccc2cc(C(=N)c3cc(C(=N)N=C(N)CC(C)(C)C)ccc3N)ccc2c1. The summed E-state index contributed by atoms with van der Waals surface area (Å²) >= 11 is 0. The number of nitrogens with one attached hydrogen (secondary N) is 2. The number of likely N-dealkylation sites (tertiary alicyclic amines) is 1. The molecule has 3 aromatic rings. The molecule has 39 heavy (non-hydrogen) atoms. The number of aliphatic imine (C=N–C) groups is 1. The lowest BCUT2D eigenvalue weighted by Gasteiger charge is -2.25. The van der Waals surface area contributed by atoms with Gasteiger partial charge in [0.2, 0.25) is 0 Å². The number of anilines is 1.